The zero-order chi connectivity index (χ0) is 14.8. The molecule has 0 spiro atoms. The molecule has 0 amide bonds. The standard InChI is InChI=1S/C12H18Br2N2O3S/c1-2-20(17,18)16-5-3-9(4-6-16)15-8-10-7-11(13)12(14)19-10/h7,9,15H,2-6,8H2,1H3. The highest BCUT2D eigenvalue weighted by atomic mass is 79.9. The Hall–Kier alpha value is 0.110. The summed E-state index contributed by atoms with van der Waals surface area (Å²) in [4.78, 5) is 0. The van der Waals surface area contributed by atoms with Gasteiger partial charge in [-0.1, -0.05) is 0 Å². The molecule has 1 aliphatic heterocycles. The monoisotopic (exact) mass is 428 g/mol. The zero-order valence-electron chi connectivity index (χ0n) is 11.2. The van der Waals surface area contributed by atoms with Crippen molar-refractivity contribution < 1.29 is 12.8 Å². The quantitative estimate of drug-likeness (QED) is 0.781. The van der Waals surface area contributed by atoms with Crippen molar-refractivity contribution in [2.75, 3.05) is 18.8 Å². The normalized spacial score (nSPS) is 18.6. The van der Waals surface area contributed by atoms with Gasteiger partial charge in [-0.15, -0.1) is 0 Å². The van der Waals surface area contributed by atoms with E-state index < -0.39 is 10.0 Å². The van der Waals surface area contributed by atoms with Crippen molar-refractivity contribution in [2.45, 2.75) is 32.4 Å². The Balaban J connectivity index is 1.80. The average molecular weight is 430 g/mol. The van der Waals surface area contributed by atoms with Crippen LogP contribution in [-0.4, -0.2) is 37.6 Å². The maximum absolute atomic E-state index is 11.8. The Kier molecular flexibility index (Phi) is 5.70. The molecule has 1 fully saturated rings. The van der Waals surface area contributed by atoms with Gasteiger partial charge in [0.1, 0.15) is 5.76 Å². The molecule has 114 valence electrons. The second kappa shape index (κ2) is 6.91. The van der Waals surface area contributed by atoms with Crippen LogP contribution in [0.2, 0.25) is 0 Å². The van der Waals surface area contributed by atoms with Gasteiger partial charge < -0.3 is 9.73 Å². The summed E-state index contributed by atoms with van der Waals surface area (Å²) >= 11 is 6.68. The van der Waals surface area contributed by atoms with E-state index in [1.54, 1.807) is 11.2 Å². The first kappa shape index (κ1) is 16.5. The van der Waals surface area contributed by atoms with E-state index in [0.29, 0.717) is 30.3 Å². The predicted molar refractivity (Wildman–Crippen MR) is 85.0 cm³/mol. The molecule has 0 radical (unpaired) electrons. The van der Waals surface area contributed by atoms with E-state index in [-0.39, 0.29) is 5.75 Å². The smallest absolute Gasteiger partial charge is 0.213 e. The van der Waals surface area contributed by atoms with E-state index in [4.69, 9.17) is 4.42 Å². The van der Waals surface area contributed by atoms with Crippen LogP contribution in [0.15, 0.2) is 19.6 Å². The number of furan rings is 1. The molecule has 1 aromatic rings. The largest absolute Gasteiger partial charge is 0.452 e. The van der Waals surface area contributed by atoms with Crippen LogP contribution in [0, 0.1) is 0 Å². The maximum Gasteiger partial charge on any atom is 0.213 e. The third-order valence-electron chi connectivity index (χ3n) is 3.47. The van der Waals surface area contributed by atoms with Crippen LogP contribution in [0.1, 0.15) is 25.5 Å². The van der Waals surface area contributed by atoms with E-state index in [0.717, 1.165) is 23.1 Å². The van der Waals surface area contributed by atoms with Crippen molar-refractivity contribution in [3.05, 3.63) is 21.0 Å². The van der Waals surface area contributed by atoms with Crippen molar-refractivity contribution in [3.8, 4) is 0 Å². The van der Waals surface area contributed by atoms with Gasteiger partial charge in [0.05, 0.1) is 16.8 Å². The summed E-state index contributed by atoms with van der Waals surface area (Å²) in [5.74, 6) is 1.03. The summed E-state index contributed by atoms with van der Waals surface area (Å²) in [7, 11) is -3.04. The Labute approximate surface area is 136 Å². The highest BCUT2D eigenvalue weighted by Crippen LogP contribution is 2.26. The summed E-state index contributed by atoms with van der Waals surface area (Å²) < 4.78 is 32.2. The van der Waals surface area contributed by atoms with Crippen LogP contribution >= 0.6 is 31.9 Å². The van der Waals surface area contributed by atoms with Crippen molar-refractivity contribution in [1.29, 1.82) is 0 Å². The fraction of sp³-hybridized carbons (Fsp3) is 0.667. The lowest BCUT2D eigenvalue weighted by Gasteiger charge is -2.31. The lowest BCUT2D eigenvalue weighted by atomic mass is 10.1. The first-order valence-corrected chi connectivity index (χ1v) is 9.77. The first-order valence-electron chi connectivity index (χ1n) is 6.57. The molecule has 0 saturated carbocycles. The third-order valence-corrected chi connectivity index (χ3v) is 7.06. The molecule has 1 N–H and O–H groups in total. The molecule has 2 heterocycles. The van der Waals surface area contributed by atoms with Gasteiger partial charge in [0, 0.05) is 19.1 Å². The van der Waals surface area contributed by atoms with Gasteiger partial charge in [-0.3, -0.25) is 0 Å². The summed E-state index contributed by atoms with van der Waals surface area (Å²) in [5.41, 5.74) is 0. The number of piperidine rings is 1. The first-order chi connectivity index (χ1) is 9.42. The molecule has 1 aromatic heterocycles. The number of nitrogens with zero attached hydrogens (tertiary/aromatic N) is 1. The molecule has 1 saturated heterocycles. The van der Waals surface area contributed by atoms with Gasteiger partial charge in [0.2, 0.25) is 10.0 Å². The number of hydrogen-bond donors (Lipinski definition) is 1. The van der Waals surface area contributed by atoms with Gasteiger partial charge in [-0.2, -0.15) is 0 Å². The molecule has 0 bridgehead atoms. The molecule has 0 aromatic carbocycles. The third kappa shape index (κ3) is 4.07. The molecule has 5 nitrogen and oxygen atoms in total. The molecular weight excluding hydrogens is 412 g/mol. The van der Waals surface area contributed by atoms with Crippen LogP contribution in [0.4, 0.5) is 0 Å². The Morgan fingerprint density at radius 2 is 2.05 bits per heavy atom. The number of sulfonamides is 1. The van der Waals surface area contributed by atoms with Gasteiger partial charge in [0.15, 0.2) is 4.67 Å². The average Bonchev–Trinajstić information content (AvgIpc) is 2.76. The molecule has 1 aliphatic rings. The summed E-state index contributed by atoms with van der Waals surface area (Å²) in [5, 5.41) is 3.41. The highest BCUT2D eigenvalue weighted by Gasteiger charge is 2.26. The SMILES string of the molecule is CCS(=O)(=O)N1CCC(NCc2cc(Br)c(Br)o2)CC1. The number of hydrogen-bond acceptors (Lipinski definition) is 4. The van der Waals surface area contributed by atoms with E-state index >= 15 is 0 Å². The number of rotatable bonds is 5. The molecule has 0 atom stereocenters. The molecule has 20 heavy (non-hydrogen) atoms. The molecular formula is C12H18Br2N2O3S. The number of halogens is 2. The van der Waals surface area contributed by atoms with E-state index in [2.05, 4.69) is 37.2 Å². The minimum Gasteiger partial charge on any atom is -0.452 e. The minimum absolute atomic E-state index is 0.180. The van der Waals surface area contributed by atoms with E-state index in [1.807, 2.05) is 6.07 Å². The predicted octanol–water partition coefficient (Wildman–Crippen LogP) is 2.71. The summed E-state index contributed by atoms with van der Waals surface area (Å²) in [6, 6.07) is 2.26. The van der Waals surface area contributed by atoms with Crippen LogP contribution in [0.25, 0.3) is 0 Å². The van der Waals surface area contributed by atoms with Crippen LogP contribution in [0.5, 0.6) is 0 Å². The highest BCUT2D eigenvalue weighted by molar-refractivity contribution is 9.13. The van der Waals surface area contributed by atoms with Crippen LogP contribution in [0.3, 0.4) is 0 Å². The lowest BCUT2D eigenvalue weighted by molar-refractivity contribution is 0.283. The van der Waals surface area contributed by atoms with Gasteiger partial charge in [0.25, 0.3) is 0 Å². The van der Waals surface area contributed by atoms with Crippen molar-refractivity contribution >= 4 is 41.9 Å². The second-order valence-corrected chi connectivity index (χ2v) is 8.62. The maximum atomic E-state index is 11.8. The van der Waals surface area contributed by atoms with Gasteiger partial charge >= 0.3 is 0 Å². The van der Waals surface area contributed by atoms with Gasteiger partial charge in [-0.25, -0.2) is 12.7 Å². The Morgan fingerprint density at radius 1 is 1.40 bits per heavy atom. The topological polar surface area (TPSA) is 62.6 Å². The van der Waals surface area contributed by atoms with E-state index in [1.165, 1.54) is 0 Å². The Bertz CT molecular complexity index is 532. The van der Waals surface area contributed by atoms with Crippen molar-refractivity contribution in [2.24, 2.45) is 0 Å². The Morgan fingerprint density at radius 3 is 2.55 bits per heavy atom. The molecule has 0 aliphatic carbocycles. The van der Waals surface area contributed by atoms with E-state index in [9.17, 15) is 8.42 Å². The summed E-state index contributed by atoms with van der Waals surface area (Å²) in [6.07, 6.45) is 1.67. The molecule has 0 unspecified atom stereocenters. The fourth-order valence-corrected chi connectivity index (χ4v) is 4.04. The molecule has 8 heteroatoms. The zero-order valence-corrected chi connectivity index (χ0v) is 15.2. The van der Waals surface area contributed by atoms with Crippen molar-refractivity contribution in [3.63, 3.8) is 0 Å². The van der Waals surface area contributed by atoms with Crippen molar-refractivity contribution in [1.82, 2.24) is 9.62 Å². The minimum atomic E-state index is -3.04. The fourth-order valence-electron chi connectivity index (χ4n) is 2.24. The summed E-state index contributed by atoms with van der Waals surface area (Å²) in [6.45, 7) is 3.53. The second-order valence-electron chi connectivity index (χ2n) is 4.79. The van der Waals surface area contributed by atoms with Crippen LogP contribution < -0.4 is 5.32 Å². The van der Waals surface area contributed by atoms with Crippen LogP contribution in [-0.2, 0) is 16.6 Å². The number of nitrogens with one attached hydrogen (secondary N) is 1. The lowest BCUT2D eigenvalue weighted by Crippen LogP contribution is -2.45. The van der Waals surface area contributed by atoms with Gasteiger partial charge in [-0.05, 0) is 57.7 Å². The molecule has 2 rings (SSSR count).